The second kappa shape index (κ2) is 4.77. The fourth-order valence-corrected chi connectivity index (χ4v) is 1.62. The molecule has 0 aliphatic heterocycles. The molecule has 0 fully saturated rings. The van der Waals surface area contributed by atoms with Crippen LogP contribution >= 0.6 is 0 Å². The molecule has 0 aromatic rings. The molecule has 1 aliphatic carbocycles. The molecular weight excluding hydrogens is 196 g/mol. The monoisotopic (exact) mass is 210 g/mol. The molecule has 0 heterocycles. The van der Waals surface area contributed by atoms with E-state index in [1.807, 2.05) is 0 Å². The van der Waals surface area contributed by atoms with E-state index in [1.165, 1.54) is 14.0 Å². The third kappa shape index (κ3) is 2.46. The summed E-state index contributed by atoms with van der Waals surface area (Å²) in [6.45, 7) is 4.87. The first-order valence-electron chi connectivity index (χ1n) is 4.68. The van der Waals surface area contributed by atoms with Crippen molar-refractivity contribution < 1.29 is 19.1 Å². The highest BCUT2D eigenvalue weighted by molar-refractivity contribution is 5.99. The van der Waals surface area contributed by atoms with Crippen LogP contribution in [0, 0.1) is 0 Å². The molecule has 1 rings (SSSR count). The minimum Gasteiger partial charge on any atom is -0.497 e. The molecule has 1 aliphatic rings. The predicted octanol–water partition coefficient (Wildman–Crippen LogP) is 1.37. The molecule has 1 atom stereocenters. The summed E-state index contributed by atoms with van der Waals surface area (Å²) in [5, 5.41) is 0. The van der Waals surface area contributed by atoms with Crippen LogP contribution in [-0.4, -0.2) is 25.0 Å². The molecule has 15 heavy (non-hydrogen) atoms. The lowest BCUT2D eigenvalue weighted by atomic mass is 10.1. The third-order valence-electron chi connectivity index (χ3n) is 2.17. The number of ketones is 1. The van der Waals surface area contributed by atoms with Crippen molar-refractivity contribution in [1.82, 2.24) is 0 Å². The summed E-state index contributed by atoms with van der Waals surface area (Å²) >= 11 is 0. The Bertz CT molecular complexity index is 327. The van der Waals surface area contributed by atoms with Gasteiger partial charge in [-0.25, -0.2) is 0 Å². The lowest BCUT2D eigenvalue weighted by Crippen LogP contribution is -2.17. The molecule has 0 aromatic carbocycles. The zero-order valence-corrected chi connectivity index (χ0v) is 8.91. The first-order chi connectivity index (χ1) is 7.10. The van der Waals surface area contributed by atoms with Crippen molar-refractivity contribution in [2.45, 2.75) is 25.9 Å². The van der Waals surface area contributed by atoms with Gasteiger partial charge >= 0.3 is 5.97 Å². The van der Waals surface area contributed by atoms with E-state index < -0.39 is 12.1 Å². The molecule has 0 aromatic heterocycles. The molecule has 0 saturated heterocycles. The van der Waals surface area contributed by atoms with Crippen LogP contribution in [0.5, 0.6) is 0 Å². The van der Waals surface area contributed by atoms with E-state index >= 15 is 0 Å². The summed E-state index contributed by atoms with van der Waals surface area (Å²) in [5.41, 5.74) is 0.554. The van der Waals surface area contributed by atoms with Gasteiger partial charge in [0.1, 0.15) is 5.76 Å². The van der Waals surface area contributed by atoms with Gasteiger partial charge in [-0.05, 0) is 6.42 Å². The lowest BCUT2D eigenvalue weighted by Gasteiger charge is -2.13. The molecule has 4 heteroatoms. The normalized spacial score (nSPS) is 20.4. The number of hydrogen-bond acceptors (Lipinski definition) is 4. The minimum absolute atomic E-state index is 0.0435. The Kier molecular flexibility index (Phi) is 3.66. The van der Waals surface area contributed by atoms with Crippen LogP contribution in [0.4, 0.5) is 0 Å². The number of carbonyl (C=O) groups excluding carboxylic acids is 2. The van der Waals surface area contributed by atoms with Gasteiger partial charge in [0, 0.05) is 12.5 Å². The zero-order chi connectivity index (χ0) is 11.4. The molecule has 0 spiro atoms. The molecule has 0 bridgehead atoms. The van der Waals surface area contributed by atoms with E-state index in [1.54, 1.807) is 6.08 Å². The van der Waals surface area contributed by atoms with E-state index in [0.29, 0.717) is 17.8 Å². The van der Waals surface area contributed by atoms with Gasteiger partial charge in [0.15, 0.2) is 11.9 Å². The predicted molar refractivity (Wildman–Crippen MR) is 54.0 cm³/mol. The first-order valence-corrected chi connectivity index (χ1v) is 4.68. The molecule has 0 amide bonds. The van der Waals surface area contributed by atoms with Crippen LogP contribution in [0.2, 0.25) is 0 Å². The quantitative estimate of drug-likeness (QED) is 0.519. The van der Waals surface area contributed by atoms with E-state index in [4.69, 9.17) is 9.47 Å². The topological polar surface area (TPSA) is 52.6 Å². The molecule has 4 nitrogen and oxygen atoms in total. The molecule has 0 N–H and O–H groups in total. The van der Waals surface area contributed by atoms with Gasteiger partial charge in [-0.15, -0.1) is 6.58 Å². The Labute approximate surface area is 88.6 Å². The van der Waals surface area contributed by atoms with E-state index in [9.17, 15) is 9.59 Å². The number of Topliss-reactive ketones (excluding diaryl/α,β-unsaturated/α-hetero) is 1. The molecular formula is C11H14O4. The highest BCUT2D eigenvalue weighted by Crippen LogP contribution is 2.28. The summed E-state index contributed by atoms with van der Waals surface area (Å²) in [7, 11) is 1.47. The maximum atomic E-state index is 11.5. The lowest BCUT2D eigenvalue weighted by molar-refractivity contribution is -0.146. The summed E-state index contributed by atoms with van der Waals surface area (Å²) in [6, 6.07) is 0. The van der Waals surface area contributed by atoms with Crippen molar-refractivity contribution >= 4 is 11.8 Å². The van der Waals surface area contributed by atoms with Crippen LogP contribution in [0.1, 0.15) is 19.8 Å². The fraction of sp³-hybridized carbons (Fsp3) is 0.455. The van der Waals surface area contributed by atoms with Gasteiger partial charge in [-0.1, -0.05) is 6.08 Å². The van der Waals surface area contributed by atoms with Crippen LogP contribution < -0.4 is 0 Å². The van der Waals surface area contributed by atoms with Crippen molar-refractivity contribution in [3.05, 3.63) is 24.0 Å². The van der Waals surface area contributed by atoms with Crippen molar-refractivity contribution in [2.75, 3.05) is 7.11 Å². The molecule has 0 saturated carbocycles. The fourth-order valence-electron chi connectivity index (χ4n) is 1.62. The van der Waals surface area contributed by atoms with Crippen molar-refractivity contribution in [2.24, 2.45) is 0 Å². The Hall–Kier alpha value is -1.58. The maximum absolute atomic E-state index is 11.5. The number of esters is 1. The highest BCUT2D eigenvalue weighted by atomic mass is 16.6. The summed E-state index contributed by atoms with van der Waals surface area (Å²) in [5.74, 6) is -0.00435. The summed E-state index contributed by atoms with van der Waals surface area (Å²) in [4.78, 5) is 22.3. The van der Waals surface area contributed by atoms with Gasteiger partial charge in [0.2, 0.25) is 0 Å². The number of hydrogen-bond donors (Lipinski definition) is 0. The number of carbonyl (C=O) groups is 2. The standard InChI is InChI=1S/C11H14O4/c1-4-5-8-9(13)6-10(11(8)14-3)15-7(2)12/h4,10H,1,5-6H2,2-3H3/t10-/m1/s1. The Morgan fingerprint density at radius 1 is 1.67 bits per heavy atom. The molecule has 0 radical (unpaired) electrons. The van der Waals surface area contributed by atoms with E-state index in [-0.39, 0.29) is 12.2 Å². The van der Waals surface area contributed by atoms with Gasteiger partial charge in [-0.2, -0.15) is 0 Å². The van der Waals surface area contributed by atoms with E-state index in [0.717, 1.165) is 0 Å². The van der Waals surface area contributed by atoms with E-state index in [2.05, 4.69) is 6.58 Å². The highest BCUT2D eigenvalue weighted by Gasteiger charge is 2.34. The summed E-state index contributed by atoms with van der Waals surface area (Å²) < 4.78 is 10.1. The minimum atomic E-state index is -0.560. The van der Waals surface area contributed by atoms with Gasteiger partial charge in [-0.3, -0.25) is 9.59 Å². The van der Waals surface area contributed by atoms with Crippen molar-refractivity contribution in [1.29, 1.82) is 0 Å². The van der Waals surface area contributed by atoms with Crippen LogP contribution in [0.3, 0.4) is 0 Å². The number of rotatable bonds is 4. The second-order valence-corrected chi connectivity index (χ2v) is 3.27. The van der Waals surface area contributed by atoms with Gasteiger partial charge < -0.3 is 9.47 Å². The van der Waals surface area contributed by atoms with Crippen LogP contribution in [-0.2, 0) is 19.1 Å². The van der Waals surface area contributed by atoms with Gasteiger partial charge in [0.05, 0.1) is 13.5 Å². The Morgan fingerprint density at radius 3 is 2.80 bits per heavy atom. The first kappa shape index (κ1) is 11.5. The van der Waals surface area contributed by atoms with Gasteiger partial charge in [0.25, 0.3) is 0 Å². The van der Waals surface area contributed by atoms with Crippen LogP contribution in [0.15, 0.2) is 24.0 Å². The number of methoxy groups -OCH3 is 1. The molecule has 0 unspecified atom stereocenters. The van der Waals surface area contributed by atoms with Crippen LogP contribution in [0.25, 0.3) is 0 Å². The SMILES string of the molecule is C=CCC1=C(OC)[C@H](OC(C)=O)CC1=O. The zero-order valence-electron chi connectivity index (χ0n) is 8.91. The maximum Gasteiger partial charge on any atom is 0.303 e. The average Bonchev–Trinajstić information content (AvgIpc) is 2.42. The largest absolute Gasteiger partial charge is 0.497 e. The number of ether oxygens (including phenoxy) is 2. The second-order valence-electron chi connectivity index (χ2n) is 3.27. The average molecular weight is 210 g/mol. The Morgan fingerprint density at radius 2 is 2.33 bits per heavy atom. The smallest absolute Gasteiger partial charge is 0.303 e. The molecule has 82 valence electrons. The van der Waals surface area contributed by atoms with Crippen molar-refractivity contribution in [3.8, 4) is 0 Å². The summed E-state index contributed by atoms with van der Waals surface area (Å²) in [6.07, 6.45) is 1.68. The van der Waals surface area contributed by atoms with Crippen molar-refractivity contribution in [3.63, 3.8) is 0 Å². The Balaban J connectivity index is 2.90. The number of allylic oxidation sites excluding steroid dienone is 2. The third-order valence-corrected chi connectivity index (χ3v) is 2.17.